The summed E-state index contributed by atoms with van der Waals surface area (Å²) in [5, 5.41) is 3.00. The monoisotopic (exact) mass is 312 g/mol. The molecule has 7 heteroatoms. The molecule has 0 aromatic carbocycles. The molecular formula is C15H28N4O3. The van der Waals surface area contributed by atoms with Crippen molar-refractivity contribution >= 4 is 11.9 Å². The Morgan fingerprint density at radius 2 is 1.77 bits per heavy atom. The number of carbonyl (C=O) groups excluding carboxylic acids is 2. The van der Waals surface area contributed by atoms with Crippen LogP contribution in [0, 0.1) is 5.92 Å². The van der Waals surface area contributed by atoms with Gasteiger partial charge in [-0.1, -0.05) is 0 Å². The van der Waals surface area contributed by atoms with Crippen LogP contribution in [0.4, 0.5) is 0 Å². The summed E-state index contributed by atoms with van der Waals surface area (Å²) in [7, 11) is 2.04. The van der Waals surface area contributed by atoms with Crippen molar-refractivity contribution in [1.82, 2.24) is 15.1 Å². The topological polar surface area (TPSA) is 87.9 Å². The lowest BCUT2D eigenvalue weighted by atomic mass is 9.97. The zero-order valence-corrected chi connectivity index (χ0v) is 14.0. The molecule has 1 amide bonds. The van der Waals surface area contributed by atoms with Crippen molar-refractivity contribution in [3.63, 3.8) is 0 Å². The lowest BCUT2D eigenvalue weighted by molar-refractivity contribution is -0.160. The summed E-state index contributed by atoms with van der Waals surface area (Å²) >= 11 is 0. The van der Waals surface area contributed by atoms with Gasteiger partial charge in [0.2, 0.25) is 5.91 Å². The Labute approximate surface area is 132 Å². The molecule has 0 aliphatic carbocycles. The Morgan fingerprint density at radius 3 is 2.32 bits per heavy atom. The van der Waals surface area contributed by atoms with E-state index in [1.54, 1.807) is 0 Å². The number of amides is 1. The Morgan fingerprint density at radius 1 is 1.18 bits per heavy atom. The van der Waals surface area contributed by atoms with Crippen LogP contribution in [0.5, 0.6) is 0 Å². The van der Waals surface area contributed by atoms with Crippen LogP contribution in [0.15, 0.2) is 0 Å². The van der Waals surface area contributed by atoms with Crippen molar-refractivity contribution in [2.45, 2.75) is 45.0 Å². The van der Waals surface area contributed by atoms with Gasteiger partial charge in [0.1, 0.15) is 11.6 Å². The Hall–Kier alpha value is -1.18. The summed E-state index contributed by atoms with van der Waals surface area (Å²) in [5.74, 6) is -0.828. The van der Waals surface area contributed by atoms with E-state index in [9.17, 15) is 9.59 Å². The molecule has 2 rings (SSSR count). The fraction of sp³-hybridized carbons (Fsp3) is 0.867. The normalized spacial score (nSPS) is 30.4. The molecule has 22 heavy (non-hydrogen) atoms. The maximum Gasteiger partial charge on any atom is 0.324 e. The molecule has 3 unspecified atom stereocenters. The van der Waals surface area contributed by atoms with Crippen LogP contribution >= 0.6 is 0 Å². The molecule has 2 fully saturated rings. The SMILES string of the molecule is CN1CCN(C(=O)C2CC(N)NC2C(=O)OC(C)(C)C)CC1. The number of nitrogens with one attached hydrogen (secondary N) is 1. The van der Waals surface area contributed by atoms with E-state index in [0.717, 1.165) is 13.1 Å². The van der Waals surface area contributed by atoms with Gasteiger partial charge in [-0.15, -0.1) is 0 Å². The second-order valence-electron chi connectivity index (χ2n) is 7.26. The third-order valence-corrected chi connectivity index (χ3v) is 4.10. The third-order valence-electron chi connectivity index (χ3n) is 4.10. The predicted octanol–water partition coefficient (Wildman–Crippen LogP) is -0.635. The first kappa shape index (κ1) is 17.2. The average Bonchev–Trinajstić information content (AvgIpc) is 2.79. The second kappa shape index (κ2) is 6.52. The van der Waals surface area contributed by atoms with Crippen LogP contribution in [-0.4, -0.2) is 72.7 Å². The van der Waals surface area contributed by atoms with Crippen LogP contribution in [-0.2, 0) is 14.3 Å². The van der Waals surface area contributed by atoms with Gasteiger partial charge in [0.15, 0.2) is 0 Å². The first-order valence-electron chi connectivity index (χ1n) is 7.89. The largest absolute Gasteiger partial charge is 0.459 e. The van der Waals surface area contributed by atoms with Gasteiger partial charge < -0.3 is 20.3 Å². The molecule has 2 aliphatic rings. The number of likely N-dealkylation sites (N-methyl/N-ethyl adjacent to an activating group) is 1. The number of hydrogen-bond acceptors (Lipinski definition) is 6. The lowest BCUT2D eigenvalue weighted by Crippen LogP contribution is -2.52. The number of nitrogens with two attached hydrogens (primary N) is 1. The highest BCUT2D eigenvalue weighted by molar-refractivity contribution is 5.88. The molecule has 0 aromatic heterocycles. The van der Waals surface area contributed by atoms with Crippen LogP contribution < -0.4 is 11.1 Å². The highest BCUT2D eigenvalue weighted by Gasteiger charge is 2.44. The molecule has 0 saturated carbocycles. The minimum absolute atomic E-state index is 0.00408. The molecule has 2 saturated heterocycles. The zero-order chi connectivity index (χ0) is 16.5. The molecule has 2 aliphatic heterocycles. The van der Waals surface area contributed by atoms with Crippen molar-refractivity contribution in [2.24, 2.45) is 11.7 Å². The third kappa shape index (κ3) is 4.18. The highest BCUT2D eigenvalue weighted by atomic mass is 16.6. The van der Waals surface area contributed by atoms with Crippen molar-refractivity contribution in [3.05, 3.63) is 0 Å². The van der Waals surface area contributed by atoms with Crippen LogP contribution in [0.25, 0.3) is 0 Å². The number of carbonyl (C=O) groups is 2. The minimum atomic E-state index is -0.651. The maximum atomic E-state index is 12.7. The maximum absolute atomic E-state index is 12.7. The number of esters is 1. The van der Waals surface area contributed by atoms with E-state index in [1.807, 2.05) is 32.7 Å². The molecule has 0 spiro atoms. The van der Waals surface area contributed by atoms with Gasteiger partial charge in [-0.05, 0) is 34.2 Å². The number of piperazine rings is 1. The Bertz CT molecular complexity index is 427. The summed E-state index contributed by atoms with van der Waals surface area (Å²) in [6.45, 7) is 8.56. The minimum Gasteiger partial charge on any atom is -0.459 e. The van der Waals surface area contributed by atoms with Crippen LogP contribution in [0.3, 0.4) is 0 Å². The van der Waals surface area contributed by atoms with Gasteiger partial charge >= 0.3 is 5.97 Å². The molecule has 2 heterocycles. The van der Waals surface area contributed by atoms with Gasteiger partial charge in [0, 0.05) is 26.2 Å². The number of rotatable bonds is 2. The quantitative estimate of drug-likeness (QED) is 0.660. The summed E-state index contributed by atoms with van der Waals surface area (Å²) in [6.07, 6.45) is 0.119. The van der Waals surface area contributed by atoms with E-state index in [0.29, 0.717) is 19.5 Å². The van der Waals surface area contributed by atoms with Gasteiger partial charge in [0.05, 0.1) is 12.1 Å². The van der Waals surface area contributed by atoms with Crippen LogP contribution in [0.2, 0.25) is 0 Å². The van der Waals surface area contributed by atoms with Gasteiger partial charge in [-0.3, -0.25) is 14.9 Å². The van der Waals surface area contributed by atoms with E-state index in [-0.39, 0.29) is 12.1 Å². The van der Waals surface area contributed by atoms with Crippen molar-refractivity contribution in [3.8, 4) is 0 Å². The van der Waals surface area contributed by atoms with Gasteiger partial charge in [-0.25, -0.2) is 0 Å². The van der Waals surface area contributed by atoms with Gasteiger partial charge in [-0.2, -0.15) is 0 Å². The Kier molecular flexibility index (Phi) is 5.09. The molecule has 0 radical (unpaired) electrons. The lowest BCUT2D eigenvalue weighted by Gasteiger charge is -2.35. The highest BCUT2D eigenvalue weighted by Crippen LogP contribution is 2.24. The molecule has 7 nitrogen and oxygen atoms in total. The standard InChI is InChI=1S/C15H28N4O3/c1-15(2,3)22-14(21)12-10(9-11(16)17-12)13(20)19-7-5-18(4)6-8-19/h10-12,17H,5-9,16H2,1-4H3. The van der Waals surface area contributed by atoms with E-state index in [4.69, 9.17) is 10.5 Å². The number of nitrogens with zero attached hydrogens (tertiary/aromatic N) is 2. The zero-order valence-electron chi connectivity index (χ0n) is 14.0. The van der Waals surface area contributed by atoms with Crippen molar-refractivity contribution < 1.29 is 14.3 Å². The fourth-order valence-corrected chi connectivity index (χ4v) is 2.93. The first-order valence-corrected chi connectivity index (χ1v) is 7.89. The van der Waals surface area contributed by atoms with E-state index in [2.05, 4.69) is 10.2 Å². The van der Waals surface area contributed by atoms with Crippen molar-refractivity contribution in [2.75, 3.05) is 33.2 Å². The summed E-state index contributed by atoms with van der Waals surface area (Å²) < 4.78 is 5.42. The van der Waals surface area contributed by atoms with Crippen LogP contribution in [0.1, 0.15) is 27.2 Å². The molecule has 126 valence electrons. The first-order chi connectivity index (χ1) is 10.2. The smallest absolute Gasteiger partial charge is 0.324 e. The summed E-state index contributed by atoms with van der Waals surface area (Å²) in [4.78, 5) is 29.1. The Balaban J connectivity index is 2.04. The number of ether oxygens (including phenoxy) is 1. The van der Waals surface area contributed by atoms with E-state index in [1.165, 1.54) is 0 Å². The predicted molar refractivity (Wildman–Crippen MR) is 82.9 cm³/mol. The molecule has 3 N–H and O–H groups in total. The average molecular weight is 312 g/mol. The van der Waals surface area contributed by atoms with Gasteiger partial charge in [0.25, 0.3) is 0 Å². The fourth-order valence-electron chi connectivity index (χ4n) is 2.93. The van der Waals surface area contributed by atoms with E-state index < -0.39 is 23.5 Å². The summed E-state index contributed by atoms with van der Waals surface area (Å²) in [6, 6.07) is -0.651. The summed E-state index contributed by atoms with van der Waals surface area (Å²) in [5.41, 5.74) is 5.33. The number of hydrogen-bond donors (Lipinski definition) is 2. The molecule has 3 atom stereocenters. The molecular weight excluding hydrogens is 284 g/mol. The molecule has 0 aromatic rings. The van der Waals surface area contributed by atoms with E-state index >= 15 is 0 Å². The molecule has 0 bridgehead atoms. The van der Waals surface area contributed by atoms with Crippen molar-refractivity contribution in [1.29, 1.82) is 0 Å². The second-order valence-corrected chi connectivity index (χ2v) is 7.26.